The number of esters is 1. The van der Waals surface area contributed by atoms with E-state index in [-0.39, 0.29) is 29.1 Å². The molecule has 252 valence electrons. The number of benzene rings is 2. The quantitative estimate of drug-likeness (QED) is 0.174. The first-order chi connectivity index (χ1) is 23.3. The zero-order valence-corrected chi connectivity index (χ0v) is 27.0. The Balaban J connectivity index is 1.30. The number of rotatable bonds is 8. The molecule has 6 rings (SSSR count). The SMILES string of the molecule is Cc1c(C(=O)OC(C)(C)C)ccc2c1CC[C@@H]2NC(=O)c1cc(C(=O)NCc2ccc(F)c(F)c2)nc2c(C(=O)Nc3ccn[nH]3)cnn12. The van der Waals surface area contributed by atoms with E-state index < -0.39 is 47.0 Å². The van der Waals surface area contributed by atoms with Gasteiger partial charge < -0.3 is 20.7 Å². The van der Waals surface area contributed by atoms with E-state index in [2.05, 4.69) is 36.2 Å². The summed E-state index contributed by atoms with van der Waals surface area (Å²) < 4.78 is 33.9. The van der Waals surface area contributed by atoms with Crippen molar-refractivity contribution in [3.8, 4) is 0 Å². The van der Waals surface area contributed by atoms with E-state index in [9.17, 15) is 28.0 Å². The summed E-state index contributed by atoms with van der Waals surface area (Å²) in [4.78, 5) is 57.6. The van der Waals surface area contributed by atoms with Crippen LogP contribution < -0.4 is 16.0 Å². The van der Waals surface area contributed by atoms with Gasteiger partial charge in [0.2, 0.25) is 0 Å². The Bertz CT molecular complexity index is 2120. The van der Waals surface area contributed by atoms with Crippen LogP contribution in [0.2, 0.25) is 0 Å². The second-order valence-electron chi connectivity index (χ2n) is 12.5. The van der Waals surface area contributed by atoms with Crippen LogP contribution in [0.4, 0.5) is 14.6 Å². The predicted octanol–water partition coefficient (Wildman–Crippen LogP) is 4.59. The van der Waals surface area contributed by atoms with Gasteiger partial charge in [0.15, 0.2) is 17.3 Å². The maximum Gasteiger partial charge on any atom is 0.338 e. The largest absolute Gasteiger partial charge is 0.456 e. The second kappa shape index (κ2) is 12.9. The Kier molecular flexibility index (Phi) is 8.67. The van der Waals surface area contributed by atoms with Crippen LogP contribution in [-0.2, 0) is 17.7 Å². The number of carbonyl (C=O) groups excluding carboxylic acids is 4. The van der Waals surface area contributed by atoms with Crippen molar-refractivity contribution < 1.29 is 32.7 Å². The summed E-state index contributed by atoms with van der Waals surface area (Å²) in [6, 6.07) is 9.04. The number of nitrogens with one attached hydrogen (secondary N) is 4. The van der Waals surface area contributed by atoms with Crippen LogP contribution >= 0.6 is 0 Å². The van der Waals surface area contributed by atoms with E-state index in [1.165, 1.54) is 30.6 Å². The molecule has 4 N–H and O–H groups in total. The van der Waals surface area contributed by atoms with Crippen LogP contribution in [0.15, 0.2) is 54.9 Å². The summed E-state index contributed by atoms with van der Waals surface area (Å²) in [6.07, 6.45) is 3.82. The molecule has 0 fully saturated rings. The summed E-state index contributed by atoms with van der Waals surface area (Å²) in [6.45, 7) is 7.07. The molecule has 3 aromatic heterocycles. The van der Waals surface area contributed by atoms with Crippen molar-refractivity contribution in [3.05, 3.63) is 111 Å². The van der Waals surface area contributed by atoms with Gasteiger partial charge in [-0.2, -0.15) is 10.2 Å². The average Bonchev–Trinajstić information content (AvgIpc) is 3.81. The van der Waals surface area contributed by atoms with Crippen molar-refractivity contribution in [2.75, 3.05) is 5.32 Å². The van der Waals surface area contributed by atoms with E-state index >= 15 is 0 Å². The number of fused-ring (bicyclic) bond motifs is 2. The van der Waals surface area contributed by atoms with Crippen molar-refractivity contribution in [2.24, 2.45) is 0 Å². The van der Waals surface area contributed by atoms with Gasteiger partial charge >= 0.3 is 5.97 Å². The highest BCUT2D eigenvalue weighted by molar-refractivity contribution is 6.08. The molecular weight excluding hydrogens is 638 g/mol. The number of hydrogen-bond donors (Lipinski definition) is 4. The number of carbonyl (C=O) groups is 4. The molecule has 1 aliphatic rings. The molecule has 3 heterocycles. The number of aromatic amines is 1. The fourth-order valence-electron chi connectivity index (χ4n) is 5.66. The molecule has 13 nitrogen and oxygen atoms in total. The van der Waals surface area contributed by atoms with Gasteiger partial charge in [0.05, 0.1) is 24.0 Å². The highest BCUT2D eigenvalue weighted by Gasteiger charge is 2.30. The highest BCUT2D eigenvalue weighted by Crippen LogP contribution is 2.35. The van der Waals surface area contributed by atoms with Crippen LogP contribution in [0, 0.1) is 18.6 Å². The van der Waals surface area contributed by atoms with Gasteiger partial charge in [-0.25, -0.2) is 23.1 Å². The van der Waals surface area contributed by atoms with E-state index in [0.29, 0.717) is 29.8 Å². The Morgan fingerprint density at radius 1 is 1.00 bits per heavy atom. The lowest BCUT2D eigenvalue weighted by Gasteiger charge is -2.21. The van der Waals surface area contributed by atoms with Crippen molar-refractivity contribution >= 4 is 35.2 Å². The van der Waals surface area contributed by atoms with Crippen LogP contribution in [-0.4, -0.2) is 54.1 Å². The molecular formula is C34H32F2N8O5. The third kappa shape index (κ3) is 6.86. The fraction of sp³-hybridized carbons (Fsp3) is 0.265. The Hall–Kier alpha value is -5.99. The van der Waals surface area contributed by atoms with E-state index in [4.69, 9.17) is 4.74 Å². The lowest BCUT2D eigenvalue weighted by molar-refractivity contribution is 0.00682. The molecule has 0 saturated heterocycles. The number of anilines is 1. The third-order valence-electron chi connectivity index (χ3n) is 7.98. The fourth-order valence-corrected chi connectivity index (χ4v) is 5.66. The topological polar surface area (TPSA) is 172 Å². The minimum atomic E-state index is -1.07. The molecule has 3 amide bonds. The van der Waals surface area contributed by atoms with Gasteiger partial charge in [0, 0.05) is 18.7 Å². The Morgan fingerprint density at radius 2 is 1.80 bits per heavy atom. The lowest BCUT2D eigenvalue weighted by atomic mass is 9.97. The maximum atomic E-state index is 13.9. The first kappa shape index (κ1) is 32.9. The number of amides is 3. The molecule has 0 spiro atoms. The molecule has 0 aliphatic heterocycles. The molecule has 2 aromatic carbocycles. The van der Waals surface area contributed by atoms with E-state index in [1.807, 2.05) is 6.92 Å². The number of H-pyrrole nitrogens is 1. The normalized spacial score (nSPS) is 14.0. The van der Waals surface area contributed by atoms with Gasteiger partial charge in [0.1, 0.15) is 28.4 Å². The number of halogens is 2. The van der Waals surface area contributed by atoms with Gasteiger partial charge in [-0.05, 0) is 81.0 Å². The predicted molar refractivity (Wildman–Crippen MR) is 172 cm³/mol. The first-order valence-electron chi connectivity index (χ1n) is 15.4. The number of nitrogens with zero attached hydrogens (tertiary/aromatic N) is 4. The molecule has 0 saturated carbocycles. The molecule has 1 aliphatic carbocycles. The number of hydrogen-bond acceptors (Lipinski definition) is 8. The molecule has 1 atom stereocenters. The zero-order valence-electron chi connectivity index (χ0n) is 27.0. The highest BCUT2D eigenvalue weighted by atomic mass is 19.2. The van der Waals surface area contributed by atoms with E-state index in [0.717, 1.165) is 33.3 Å². The summed E-state index contributed by atoms with van der Waals surface area (Å²) in [5.41, 5.74) is 2.22. The monoisotopic (exact) mass is 670 g/mol. The maximum absolute atomic E-state index is 13.9. The standard InChI is InChI=1S/C34H32F2N8O5/c1-17-19-8-10-25(21(19)7-6-20(17)33(48)49-34(2,3)4)41-32(47)27-14-26(31(46)37-15-18-5-9-23(35)24(36)13-18)40-29-22(16-39-44(27)29)30(45)42-28-11-12-38-43-28/h5-7,9,11-14,16,25H,8,10,15H2,1-4H3,(H,37,46)(H,41,47)(H2,38,42,43,45)/t25-/m0/s1. The second-order valence-corrected chi connectivity index (χ2v) is 12.5. The third-order valence-corrected chi connectivity index (χ3v) is 7.98. The smallest absolute Gasteiger partial charge is 0.338 e. The molecule has 0 unspecified atom stereocenters. The molecule has 5 aromatic rings. The van der Waals surface area contributed by atoms with Crippen molar-refractivity contribution in [2.45, 2.75) is 58.7 Å². The van der Waals surface area contributed by atoms with Crippen LogP contribution in [0.1, 0.15) is 97.2 Å². The number of aromatic nitrogens is 5. The summed E-state index contributed by atoms with van der Waals surface area (Å²) in [5, 5.41) is 18.9. The lowest BCUT2D eigenvalue weighted by Crippen LogP contribution is -2.31. The van der Waals surface area contributed by atoms with Gasteiger partial charge in [-0.3, -0.25) is 19.5 Å². The van der Waals surface area contributed by atoms with Crippen molar-refractivity contribution in [3.63, 3.8) is 0 Å². The summed E-state index contributed by atoms with van der Waals surface area (Å²) >= 11 is 0. The molecule has 0 bridgehead atoms. The minimum Gasteiger partial charge on any atom is -0.456 e. The Morgan fingerprint density at radius 3 is 2.51 bits per heavy atom. The zero-order chi connectivity index (χ0) is 35.0. The Labute approximate surface area is 278 Å². The van der Waals surface area contributed by atoms with Gasteiger partial charge in [-0.1, -0.05) is 12.1 Å². The first-order valence-corrected chi connectivity index (χ1v) is 15.4. The van der Waals surface area contributed by atoms with Crippen molar-refractivity contribution in [1.29, 1.82) is 0 Å². The van der Waals surface area contributed by atoms with E-state index in [1.54, 1.807) is 32.9 Å². The molecule has 49 heavy (non-hydrogen) atoms. The van der Waals surface area contributed by atoms with Crippen LogP contribution in [0.5, 0.6) is 0 Å². The molecule has 0 radical (unpaired) electrons. The minimum absolute atomic E-state index is 0.0320. The van der Waals surface area contributed by atoms with Crippen molar-refractivity contribution in [1.82, 2.24) is 35.4 Å². The summed E-state index contributed by atoms with van der Waals surface area (Å²) in [5.74, 6) is -4.19. The van der Waals surface area contributed by atoms with Gasteiger partial charge in [-0.15, -0.1) is 0 Å². The van der Waals surface area contributed by atoms with Crippen LogP contribution in [0.3, 0.4) is 0 Å². The average molecular weight is 671 g/mol. The summed E-state index contributed by atoms with van der Waals surface area (Å²) in [7, 11) is 0. The number of ether oxygens (including phenoxy) is 1. The van der Waals surface area contributed by atoms with Crippen LogP contribution in [0.25, 0.3) is 5.65 Å². The van der Waals surface area contributed by atoms with Gasteiger partial charge in [0.25, 0.3) is 17.7 Å². The molecule has 15 heteroatoms.